The molecule has 1 saturated heterocycles. The second kappa shape index (κ2) is 7.87. The number of nitrogens with zero attached hydrogens (tertiary/aromatic N) is 4. The molecule has 3 heterocycles. The van der Waals surface area contributed by atoms with Gasteiger partial charge in [0, 0.05) is 44.6 Å². The molecule has 25 heavy (non-hydrogen) atoms. The van der Waals surface area contributed by atoms with E-state index < -0.39 is 0 Å². The molecule has 0 aromatic carbocycles. The summed E-state index contributed by atoms with van der Waals surface area (Å²) in [6.45, 7) is 10.8. The first-order valence-electron chi connectivity index (χ1n) is 9.10. The fourth-order valence-corrected chi connectivity index (χ4v) is 3.14. The van der Waals surface area contributed by atoms with Crippen LogP contribution in [0.2, 0.25) is 0 Å². The monoisotopic (exact) mass is 344 g/mol. The summed E-state index contributed by atoms with van der Waals surface area (Å²) in [7, 11) is 0. The maximum Gasteiger partial charge on any atom is 0.409 e. The Morgan fingerprint density at radius 2 is 2.08 bits per heavy atom. The topological polar surface area (TPSA) is 50.1 Å². The molecule has 2 aromatic heterocycles. The summed E-state index contributed by atoms with van der Waals surface area (Å²) in [6.07, 6.45) is 2.90. The number of aromatic nitrogens is 2. The molecule has 6 heteroatoms. The largest absolute Gasteiger partial charge is 0.449 e. The Morgan fingerprint density at radius 3 is 2.84 bits per heavy atom. The number of fused-ring (bicyclic) bond motifs is 1. The lowest BCUT2D eigenvalue weighted by molar-refractivity contribution is 0.0930. The first-order valence-corrected chi connectivity index (χ1v) is 9.10. The van der Waals surface area contributed by atoms with Crippen molar-refractivity contribution >= 4 is 11.7 Å². The van der Waals surface area contributed by atoms with Crippen LogP contribution in [0.3, 0.4) is 0 Å². The van der Waals surface area contributed by atoms with Crippen LogP contribution >= 0.6 is 0 Å². The van der Waals surface area contributed by atoms with Gasteiger partial charge in [0.1, 0.15) is 5.65 Å². The van der Waals surface area contributed by atoms with E-state index >= 15 is 0 Å². The van der Waals surface area contributed by atoms with E-state index in [0.29, 0.717) is 19.1 Å². The molecule has 0 N–H and O–H groups in total. The van der Waals surface area contributed by atoms with Crippen molar-refractivity contribution in [2.45, 2.75) is 33.7 Å². The van der Waals surface area contributed by atoms with Crippen molar-refractivity contribution in [1.29, 1.82) is 0 Å². The van der Waals surface area contributed by atoms with Gasteiger partial charge in [-0.05, 0) is 31.4 Å². The molecule has 0 saturated carbocycles. The average Bonchev–Trinajstić information content (AvgIpc) is 2.84. The molecule has 0 radical (unpaired) electrons. The number of hydrogen-bond donors (Lipinski definition) is 0. The number of amides is 1. The van der Waals surface area contributed by atoms with Crippen molar-refractivity contribution in [1.82, 2.24) is 19.2 Å². The molecular weight excluding hydrogens is 316 g/mol. The van der Waals surface area contributed by atoms with E-state index in [1.165, 1.54) is 5.69 Å². The molecule has 2 aromatic rings. The number of carbonyl (C=O) groups excluding carboxylic acids is 1. The van der Waals surface area contributed by atoms with E-state index in [2.05, 4.69) is 28.5 Å². The van der Waals surface area contributed by atoms with Crippen molar-refractivity contribution in [2.75, 3.05) is 32.8 Å². The van der Waals surface area contributed by atoms with Crippen molar-refractivity contribution in [3.8, 4) is 0 Å². The maximum atomic E-state index is 12.1. The van der Waals surface area contributed by atoms with E-state index in [1.807, 2.05) is 30.9 Å². The number of imidazole rings is 1. The van der Waals surface area contributed by atoms with E-state index in [9.17, 15) is 4.79 Å². The third kappa shape index (κ3) is 4.51. The third-order valence-electron chi connectivity index (χ3n) is 4.52. The predicted octanol–water partition coefficient (Wildman–Crippen LogP) is 2.94. The van der Waals surface area contributed by atoms with Crippen LogP contribution < -0.4 is 0 Å². The Labute approximate surface area is 149 Å². The fourth-order valence-electron chi connectivity index (χ4n) is 3.14. The third-order valence-corrected chi connectivity index (χ3v) is 4.52. The number of carbonyl (C=O) groups is 1. The lowest BCUT2D eigenvalue weighted by Crippen LogP contribution is -2.36. The van der Waals surface area contributed by atoms with Crippen LogP contribution in [0.1, 0.15) is 31.7 Å². The maximum absolute atomic E-state index is 12.1. The first-order chi connectivity index (χ1) is 12.0. The van der Waals surface area contributed by atoms with Crippen molar-refractivity contribution < 1.29 is 9.53 Å². The molecule has 6 nitrogen and oxygen atoms in total. The van der Waals surface area contributed by atoms with Gasteiger partial charge in [0.05, 0.1) is 12.3 Å². The number of ether oxygens (including phenoxy) is 1. The minimum atomic E-state index is -0.182. The Bertz CT molecular complexity index is 725. The predicted molar refractivity (Wildman–Crippen MR) is 97.6 cm³/mol. The minimum Gasteiger partial charge on any atom is -0.449 e. The van der Waals surface area contributed by atoms with Gasteiger partial charge in [-0.3, -0.25) is 4.90 Å². The van der Waals surface area contributed by atoms with E-state index in [-0.39, 0.29) is 6.09 Å². The van der Waals surface area contributed by atoms with Crippen LogP contribution in [0, 0.1) is 12.8 Å². The van der Waals surface area contributed by atoms with E-state index in [0.717, 1.165) is 43.9 Å². The van der Waals surface area contributed by atoms with Crippen molar-refractivity contribution in [3.05, 3.63) is 35.8 Å². The summed E-state index contributed by atoms with van der Waals surface area (Å²) < 4.78 is 7.49. The SMILES string of the molecule is Cc1cccc2nc(CN3CCCN(C(=O)OCC(C)C)CC3)cn12. The van der Waals surface area contributed by atoms with Crippen LogP contribution in [-0.2, 0) is 11.3 Å². The Balaban J connectivity index is 1.57. The number of hydrogen-bond acceptors (Lipinski definition) is 4. The summed E-state index contributed by atoms with van der Waals surface area (Å²) in [5.41, 5.74) is 3.25. The summed E-state index contributed by atoms with van der Waals surface area (Å²) in [5, 5.41) is 0. The van der Waals surface area contributed by atoms with E-state index in [1.54, 1.807) is 0 Å². The zero-order valence-corrected chi connectivity index (χ0v) is 15.4. The van der Waals surface area contributed by atoms with Crippen molar-refractivity contribution in [2.24, 2.45) is 5.92 Å². The van der Waals surface area contributed by atoms with Gasteiger partial charge in [-0.2, -0.15) is 0 Å². The zero-order valence-electron chi connectivity index (χ0n) is 15.4. The summed E-state index contributed by atoms with van der Waals surface area (Å²) >= 11 is 0. The number of pyridine rings is 1. The highest BCUT2D eigenvalue weighted by Crippen LogP contribution is 2.13. The molecule has 1 fully saturated rings. The summed E-state index contributed by atoms with van der Waals surface area (Å²) in [5.74, 6) is 0.367. The smallest absolute Gasteiger partial charge is 0.409 e. The number of aryl methyl sites for hydroxylation is 1. The molecule has 136 valence electrons. The zero-order chi connectivity index (χ0) is 17.8. The van der Waals surface area contributed by atoms with E-state index in [4.69, 9.17) is 9.72 Å². The Kier molecular flexibility index (Phi) is 5.58. The summed E-state index contributed by atoms with van der Waals surface area (Å²) in [6, 6.07) is 6.16. The van der Waals surface area contributed by atoms with Gasteiger partial charge in [0.25, 0.3) is 0 Å². The van der Waals surface area contributed by atoms with Gasteiger partial charge in [-0.1, -0.05) is 19.9 Å². The van der Waals surface area contributed by atoms with Crippen molar-refractivity contribution in [3.63, 3.8) is 0 Å². The van der Waals surface area contributed by atoms with Crippen LogP contribution in [-0.4, -0.2) is 58.1 Å². The quantitative estimate of drug-likeness (QED) is 0.856. The lowest BCUT2D eigenvalue weighted by atomic mass is 10.2. The van der Waals surface area contributed by atoms with Crippen LogP contribution in [0.4, 0.5) is 4.79 Å². The molecule has 0 unspecified atom stereocenters. The highest BCUT2D eigenvalue weighted by atomic mass is 16.6. The first kappa shape index (κ1) is 17.7. The van der Waals surface area contributed by atoms with Crippen LogP contribution in [0.25, 0.3) is 5.65 Å². The van der Waals surface area contributed by atoms with Gasteiger partial charge in [0.15, 0.2) is 0 Å². The standard InChI is InChI=1S/C19H28N4O2/c1-15(2)14-25-19(24)22-9-5-8-21(10-11-22)12-17-13-23-16(3)6-4-7-18(23)20-17/h4,6-7,13,15H,5,8-12,14H2,1-3H3. The second-order valence-electron chi connectivity index (χ2n) is 7.22. The molecule has 0 spiro atoms. The molecule has 0 aliphatic carbocycles. The highest BCUT2D eigenvalue weighted by molar-refractivity contribution is 5.67. The molecule has 0 bridgehead atoms. The van der Waals surface area contributed by atoms with Crippen LogP contribution in [0.5, 0.6) is 0 Å². The fraction of sp³-hybridized carbons (Fsp3) is 0.579. The molecule has 0 atom stereocenters. The van der Waals surface area contributed by atoms with Gasteiger partial charge in [-0.15, -0.1) is 0 Å². The second-order valence-corrected chi connectivity index (χ2v) is 7.22. The minimum absolute atomic E-state index is 0.182. The molecule has 3 rings (SSSR count). The van der Waals surface area contributed by atoms with Gasteiger partial charge in [0.2, 0.25) is 0 Å². The molecule has 1 aliphatic rings. The average molecular weight is 344 g/mol. The Hall–Kier alpha value is -2.08. The Morgan fingerprint density at radius 1 is 1.24 bits per heavy atom. The molecule has 1 aliphatic heterocycles. The highest BCUT2D eigenvalue weighted by Gasteiger charge is 2.21. The van der Waals surface area contributed by atoms with Crippen LogP contribution in [0.15, 0.2) is 24.4 Å². The lowest BCUT2D eigenvalue weighted by Gasteiger charge is -2.21. The summed E-state index contributed by atoms with van der Waals surface area (Å²) in [4.78, 5) is 21.1. The van der Waals surface area contributed by atoms with Gasteiger partial charge in [-0.25, -0.2) is 9.78 Å². The normalized spacial score (nSPS) is 16.4. The van der Waals surface area contributed by atoms with Gasteiger partial charge >= 0.3 is 6.09 Å². The molecular formula is C19H28N4O2. The number of rotatable bonds is 4. The van der Waals surface area contributed by atoms with Gasteiger partial charge < -0.3 is 14.0 Å². The molecule has 1 amide bonds.